The van der Waals surface area contributed by atoms with E-state index >= 15 is 0 Å². The van der Waals surface area contributed by atoms with Gasteiger partial charge in [0, 0.05) is 22.4 Å². The van der Waals surface area contributed by atoms with Gasteiger partial charge in [-0.3, -0.25) is 9.59 Å². The fourth-order valence-corrected chi connectivity index (χ4v) is 3.54. The van der Waals surface area contributed by atoms with Gasteiger partial charge >= 0.3 is 5.97 Å². The van der Waals surface area contributed by atoms with Crippen LogP contribution < -0.4 is 0 Å². The quantitative estimate of drug-likeness (QED) is 0.906. The number of thiophene rings is 1. The van der Waals surface area contributed by atoms with Crippen LogP contribution in [0.3, 0.4) is 0 Å². The number of rotatable bonds is 2. The SMILES string of the molecule is CC1CCC(C(=O)O)CN1C(=O)c1cc(Br)cs1. The van der Waals surface area contributed by atoms with E-state index in [1.54, 1.807) is 11.0 Å². The first-order chi connectivity index (χ1) is 8.49. The van der Waals surface area contributed by atoms with Crippen LogP contribution in [0.4, 0.5) is 0 Å². The van der Waals surface area contributed by atoms with E-state index < -0.39 is 11.9 Å². The van der Waals surface area contributed by atoms with Crippen molar-refractivity contribution in [1.82, 2.24) is 4.90 Å². The van der Waals surface area contributed by atoms with Gasteiger partial charge in [0.05, 0.1) is 10.8 Å². The van der Waals surface area contributed by atoms with Crippen LogP contribution in [-0.2, 0) is 4.79 Å². The minimum Gasteiger partial charge on any atom is -0.481 e. The average molecular weight is 332 g/mol. The number of hydrogen-bond acceptors (Lipinski definition) is 3. The third kappa shape index (κ3) is 2.75. The molecule has 2 rings (SSSR count). The molecule has 0 bridgehead atoms. The molecule has 1 N–H and O–H groups in total. The maximum Gasteiger partial charge on any atom is 0.308 e. The highest BCUT2D eigenvalue weighted by atomic mass is 79.9. The van der Waals surface area contributed by atoms with Gasteiger partial charge in [0.25, 0.3) is 5.91 Å². The first-order valence-electron chi connectivity index (χ1n) is 5.77. The van der Waals surface area contributed by atoms with Crippen LogP contribution >= 0.6 is 27.3 Å². The van der Waals surface area contributed by atoms with Gasteiger partial charge in [0.1, 0.15) is 0 Å². The first kappa shape index (κ1) is 13.5. The topological polar surface area (TPSA) is 57.6 Å². The molecule has 0 aliphatic carbocycles. The van der Waals surface area contributed by atoms with Crippen LogP contribution in [0.5, 0.6) is 0 Å². The Kier molecular flexibility index (Phi) is 4.07. The second kappa shape index (κ2) is 5.40. The highest BCUT2D eigenvalue weighted by molar-refractivity contribution is 9.10. The summed E-state index contributed by atoms with van der Waals surface area (Å²) in [4.78, 5) is 25.7. The summed E-state index contributed by atoms with van der Waals surface area (Å²) in [6, 6.07) is 1.89. The van der Waals surface area contributed by atoms with Gasteiger partial charge in [0.15, 0.2) is 0 Å². The molecule has 1 aromatic heterocycles. The monoisotopic (exact) mass is 331 g/mol. The Hall–Kier alpha value is -0.880. The molecule has 0 aromatic carbocycles. The van der Waals surface area contributed by atoms with Gasteiger partial charge in [0.2, 0.25) is 0 Å². The molecule has 0 spiro atoms. The Bertz CT molecular complexity index is 474. The van der Waals surface area contributed by atoms with Crippen LogP contribution in [0.15, 0.2) is 15.9 Å². The molecule has 0 radical (unpaired) electrons. The number of aliphatic carboxylic acids is 1. The Morgan fingerprint density at radius 1 is 1.50 bits per heavy atom. The lowest BCUT2D eigenvalue weighted by atomic mass is 9.93. The first-order valence-corrected chi connectivity index (χ1v) is 7.44. The molecule has 1 amide bonds. The minimum atomic E-state index is -0.813. The summed E-state index contributed by atoms with van der Waals surface area (Å²) < 4.78 is 0.885. The standard InChI is InChI=1S/C12H14BrNO3S/c1-7-2-3-8(12(16)17)5-14(7)11(15)10-4-9(13)6-18-10/h4,6-8H,2-3,5H2,1H3,(H,16,17). The zero-order chi connectivity index (χ0) is 13.3. The second-order valence-electron chi connectivity index (χ2n) is 4.55. The molecule has 2 atom stereocenters. The molecule has 98 valence electrons. The molecular formula is C12H14BrNO3S. The largest absolute Gasteiger partial charge is 0.481 e. The van der Waals surface area contributed by atoms with Crippen LogP contribution in [-0.4, -0.2) is 34.5 Å². The number of amides is 1. The maximum absolute atomic E-state index is 12.3. The summed E-state index contributed by atoms with van der Waals surface area (Å²) in [6.07, 6.45) is 1.39. The van der Waals surface area contributed by atoms with Crippen molar-refractivity contribution in [2.24, 2.45) is 5.92 Å². The molecule has 2 heterocycles. The van der Waals surface area contributed by atoms with Crippen molar-refractivity contribution in [2.45, 2.75) is 25.8 Å². The Morgan fingerprint density at radius 3 is 2.78 bits per heavy atom. The molecule has 4 nitrogen and oxygen atoms in total. The van der Waals surface area contributed by atoms with E-state index in [0.29, 0.717) is 17.8 Å². The number of halogens is 1. The van der Waals surface area contributed by atoms with Gasteiger partial charge in [-0.2, -0.15) is 0 Å². The lowest BCUT2D eigenvalue weighted by Gasteiger charge is -2.36. The van der Waals surface area contributed by atoms with E-state index in [9.17, 15) is 9.59 Å². The third-order valence-electron chi connectivity index (χ3n) is 3.27. The number of carboxylic acid groups (broad SMARTS) is 1. The number of carbonyl (C=O) groups is 2. The predicted octanol–water partition coefficient (Wildman–Crippen LogP) is 2.84. The fourth-order valence-electron chi connectivity index (χ4n) is 2.16. The highest BCUT2D eigenvalue weighted by Gasteiger charge is 2.33. The number of hydrogen-bond donors (Lipinski definition) is 1. The van der Waals surface area contributed by atoms with Crippen molar-refractivity contribution in [2.75, 3.05) is 6.54 Å². The maximum atomic E-state index is 12.3. The van der Waals surface area contributed by atoms with Gasteiger partial charge < -0.3 is 10.0 Å². The zero-order valence-corrected chi connectivity index (χ0v) is 12.3. The molecule has 18 heavy (non-hydrogen) atoms. The highest BCUT2D eigenvalue weighted by Crippen LogP contribution is 2.27. The zero-order valence-electron chi connectivity index (χ0n) is 9.93. The van der Waals surface area contributed by atoms with Crippen molar-refractivity contribution < 1.29 is 14.7 Å². The molecule has 1 saturated heterocycles. The van der Waals surface area contributed by atoms with Crippen LogP contribution in [0.1, 0.15) is 29.4 Å². The summed E-state index contributed by atoms with van der Waals surface area (Å²) in [5, 5.41) is 10.9. The van der Waals surface area contributed by atoms with Gasteiger partial charge in [-0.15, -0.1) is 11.3 Å². The predicted molar refractivity (Wildman–Crippen MR) is 72.9 cm³/mol. The number of likely N-dealkylation sites (tertiary alicyclic amines) is 1. The fraction of sp³-hybridized carbons (Fsp3) is 0.500. The Balaban J connectivity index is 2.15. The van der Waals surface area contributed by atoms with E-state index in [1.165, 1.54) is 11.3 Å². The van der Waals surface area contributed by atoms with E-state index in [0.717, 1.165) is 10.9 Å². The molecule has 1 aliphatic heterocycles. The lowest BCUT2D eigenvalue weighted by Crippen LogP contribution is -2.47. The Labute approximate surface area is 118 Å². The summed E-state index contributed by atoms with van der Waals surface area (Å²) in [5.74, 6) is -1.32. The minimum absolute atomic E-state index is 0.0656. The summed E-state index contributed by atoms with van der Waals surface area (Å²) in [6.45, 7) is 2.28. The van der Waals surface area contributed by atoms with Crippen LogP contribution in [0.2, 0.25) is 0 Å². The molecular weight excluding hydrogens is 318 g/mol. The van der Waals surface area contributed by atoms with Crippen molar-refractivity contribution in [3.05, 3.63) is 20.8 Å². The van der Waals surface area contributed by atoms with Crippen molar-refractivity contribution >= 4 is 39.1 Å². The van der Waals surface area contributed by atoms with Crippen molar-refractivity contribution in [3.8, 4) is 0 Å². The Morgan fingerprint density at radius 2 is 2.22 bits per heavy atom. The normalized spacial score (nSPS) is 24.0. The van der Waals surface area contributed by atoms with Crippen molar-refractivity contribution in [3.63, 3.8) is 0 Å². The van der Waals surface area contributed by atoms with Crippen LogP contribution in [0.25, 0.3) is 0 Å². The van der Waals surface area contributed by atoms with Gasteiger partial charge in [-0.25, -0.2) is 0 Å². The molecule has 2 unspecified atom stereocenters. The molecule has 6 heteroatoms. The lowest BCUT2D eigenvalue weighted by molar-refractivity contribution is -0.143. The molecule has 1 aromatic rings. The average Bonchev–Trinajstić information content (AvgIpc) is 2.75. The van der Waals surface area contributed by atoms with Crippen molar-refractivity contribution in [1.29, 1.82) is 0 Å². The number of carbonyl (C=O) groups excluding carboxylic acids is 1. The molecule has 1 aliphatic rings. The third-order valence-corrected chi connectivity index (χ3v) is 4.95. The van der Waals surface area contributed by atoms with E-state index in [-0.39, 0.29) is 11.9 Å². The molecule has 1 fully saturated rings. The van der Waals surface area contributed by atoms with E-state index in [2.05, 4.69) is 15.9 Å². The summed E-state index contributed by atoms with van der Waals surface area (Å²) >= 11 is 4.70. The number of piperidine rings is 1. The second-order valence-corrected chi connectivity index (χ2v) is 6.38. The van der Waals surface area contributed by atoms with Gasteiger partial charge in [-0.05, 0) is 41.8 Å². The number of nitrogens with zero attached hydrogens (tertiary/aromatic N) is 1. The van der Waals surface area contributed by atoms with E-state index in [4.69, 9.17) is 5.11 Å². The summed E-state index contributed by atoms with van der Waals surface area (Å²) in [7, 11) is 0. The van der Waals surface area contributed by atoms with Crippen LogP contribution in [0, 0.1) is 5.92 Å². The number of carboxylic acids is 1. The summed E-state index contributed by atoms with van der Waals surface area (Å²) in [5.41, 5.74) is 0. The smallest absolute Gasteiger partial charge is 0.308 e. The van der Waals surface area contributed by atoms with Gasteiger partial charge in [-0.1, -0.05) is 0 Å². The van der Waals surface area contributed by atoms with E-state index in [1.807, 2.05) is 12.3 Å². The molecule has 0 saturated carbocycles.